The molecule has 1 N–H and O–H groups in total. The number of hydrogen-bond acceptors (Lipinski definition) is 2. The van der Waals surface area contributed by atoms with Crippen LogP contribution in [-0.2, 0) is 0 Å². The summed E-state index contributed by atoms with van der Waals surface area (Å²) < 4.78 is 0. The summed E-state index contributed by atoms with van der Waals surface area (Å²) in [7, 11) is 0. The fourth-order valence-corrected chi connectivity index (χ4v) is 3.89. The van der Waals surface area contributed by atoms with E-state index >= 15 is 0 Å². The third-order valence-corrected chi connectivity index (χ3v) is 4.90. The second kappa shape index (κ2) is 5.11. The molecule has 0 aromatic rings. The molecule has 0 aromatic heterocycles. The standard InChI is InChI=1S/C15H26N2/c1-2-6-14(5-1)7-11-17-12-10-16-15(13-17)8-3-4-9-15/h5,16H,1-4,6-13H2. The molecule has 2 aliphatic carbocycles. The largest absolute Gasteiger partial charge is 0.309 e. The first-order chi connectivity index (χ1) is 8.36. The van der Waals surface area contributed by atoms with Crippen LogP contribution >= 0.6 is 0 Å². The van der Waals surface area contributed by atoms with Gasteiger partial charge in [0.15, 0.2) is 0 Å². The minimum Gasteiger partial charge on any atom is -0.309 e. The molecular formula is C15H26N2. The average molecular weight is 234 g/mol. The molecule has 0 radical (unpaired) electrons. The second-order valence-electron chi connectivity index (χ2n) is 6.19. The zero-order valence-electron chi connectivity index (χ0n) is 11.0. The maximum absolute atomic E-state index is 3.80. The predicted octanol–water partition coefficient (Wildman–Crippen LogP) is 2.70. The molecule has 2 fully saturated rings. The van der Waals surface area contributed by atoms with Gasteiger partial charge in [-0.1, -0.05) is 24.5 Å². The van der Waals surface area contributed by atoms with Crippen LogP contribution in [0.15, 0.2) is 11.6 Å². The minimum absolute atomic E-state index is 0.502. The zero-order valence-corrected chi connectivity index (χ0v) is 11.0. The van der Waals surface area contributed by atoms with Crippen molar-refractivity contribution < 1.29 is 0 Å². The molecule has 3 aliphatic rings. The van der Waals surface area contributed by atoms with Gasteiger partial charge < -0.3 is 5.32 Å². The van der Waals surface area contributed by atoms with E-state index in [0.717, 1.165) is 0 Å². The summed E-state index contributed by atoms with van der Waals surface area (Å²) in [5, 5.41) is 3.80. The molecule has 0 atom stereocenters. The van der Waals surface area contributed by atoms with E-state index in [0.29, 0.717) is 5.54 Å². The van der Waals surface area contributed by atoms with Gasteiger partial charge in [0.2, 0.25) is 0 Å². The highest BCUT2D eigenvalue weighted by Gasteiger charge is 2.37. The van der Waals surface area contributed by atoms with Gasteiger partial charge in [0, 0.05) is 31.7 Å². The minimum atomic E-state index is 0.502. The van der Waals surface area contributed by atoms with E-state index in [2.05, 4.69) is 16.3 Å². The first kappa shape index (κ1) is 11.7. The topological polar surface area (TPSA) is 15.3 Å². The van der Waals surface area contributed by atoms with E-state index in [-0.39, 0.29) is 0 Å². The highest BCUT2D eigenvalue weighted by molar-refractivity contribution is 5.08. The monoisotopic (exact) mass is 234 g/mol. The van der Waals surface area contributed by atoms with Crippen LogP contribution in [0.25, 0.3) is 0 Å². The Balaban J connectivity index is 1.49. The summed E-state index contributed by atoms with van der Waals surface area (Å²) in [6, 6.07) is 0. The molecule has 1 heterocycles. The Kier molecular flexibility index (Phi) is 3.53. The second-order valence-corrected chi connectivity index (χ2v) is 6.19. The van der Waals surface area contributed by atoms with Crippen molar-refractivity contribution in [3.05, 3.63) is 11.6 Å². The molecule has 1 spiro atoms. The van der Waals surface area contributed by atoms with Crippen molar-refractivity contribution in [2.24, 2.45) is 0 Å². The van der Waals surface area contributed by atoms with Crippen molar-refractivity contribution in [1.82, 2.24) is 10.2 Å². The number of nitrogens with zero attached hydrogens (tertiary/aromatic N) is 1. The Labute approximate surface area is 105 Å². The van der Waals surface area contributed by atoms with Crippen LogP contribution in [0.2, 0.25) is 0 Å². The molecule has 0 bridgehead atoms. The fourth-order valence-electron chi connectivity index (χ4n) is 3.89. The molecule has 1 aliphatic heterocycles. The summed E-state index contributed by atoms with van der Waals surface area (Å²) in [5.74, 6) is 0. The van der Waals surface area contributed by atoms with Crippen LogP contribution in [0.1, 0.15) is 51.4 Å². The van der Waals surface area contributed by atoms with Crippen molar-refractivity contribution in [1.29, 1.82) is 0 Å². The lowest BCUT2D eigenvalue weighted by atomic mass is 9.94. The van der Waals surface area contributed by atoms with E-state index in [1.807, 2.05) is 0 Å². The van der Waals surface area contributed by atoms with Crippen LogP contribution in [0.4, 0.5) is 0 Å². The lowest BCUT2D eigenvalue weighted by molar-refractivity contribution is 0.136. The number of piperazine rings is 1. The van der Waals surface area contributed by atoms with Gasteiger partial charge >= 0.3 is 0 Å². The zero-order chi connectivity index (χ0) is 11.6. The van der Waals surface area contributed by atoms with Gasteiger partial charge in [0.05, 0.1) is 0 Å². The smallest absolute Gasteiger partial charge is 0.0309 e. The van der Waals surface area contributed by atoms with Gasteiger partial charge in [-0.05, 0) is 38.5 Å². The maximum Gasteiger partial charge on any atom is 0.0309 e. The Hall–Kier alpha value is -0.340. The molecule has 2 heteroatoms. The Morgan fingerprint density at radius 3 is 2.88 bits per heavy atom. The van der Waals surface area contributed by atoms with Gasteiger partial charge in [-0.25, -0.2) is 0 Å². The van der Waals surface area contributed by atoms with Gasteiger partial charge in [0.25, 0.3) is 0 Å². The van der Waals surface area contributed by atoms with Crippen LogP contribution in [0.5, 0.6) is 0 Å². The SMILES string of the molecule is C1=C(CCN2CCNC3(CCCC3)C2)CCC1. The molecule has 17 heavy (non-hydrogen) atoms. The van der Waals surface area contributed by atoms with Gasteiger partial charge in [-0.15, -0.1) is 0 Å². The summed E-state index contributed by atoms with van der Waals surface area (Å²) >= 11 is 0. The highest BCUT2D eigenvalue weighted by atomic mass is 15.2. The van der Waals surface area contributed by atoms with Crippen LogP contribution in [-0.4, -0.2) is 36.6 Å². The number of hydrogen-bond donors (Lipinski definition) is 1. The number of allylic oxidation sites excluding steroid dienone is 1. The first-order valence-electron chi connectivity index (χ1n) is 7.52. The van der Waals surface area contributed by atoms with E-state index in [1.54, 1.807) is 5.57 Å². The highest BCUT2D eigenvalue weighted by Crippen LogP contribution is 2.32. The third-order valence-electron chi connectivity index (χ3n) is 4.90. The first-order valence-corrected chi connectivity index (χ1v) is 7.52. The molecule has 0 amide bonds. The molecule has 2 nitrogen and oxygen atoms in total. The van der Waals surface area contributed by atoms with E-state index in [4.69, 9.17) is 0 Å². The molecule has 96 valence electrons. The normalized spacial score (nSPS) is 28.8. The van der Waals surface area contributed by atoms with Crippen LogP contribution in [0, 0.1) is 0 Å². The van der Waals surface area contributed by atoms with Crippen LogP contribution in [0.3, 0.4) is 0 Å². The molecule has 0 aromatic carbocycles. The van der Waals surface area contributed by atoms with Crippen molar-refractivity contribution >= 4 is 0 Å². The molecule has 0 unspecified atom stereocenters. The van der Waals surface area contributed by atoms with E-state index in [1.165, 1.54) is 77.5 Å². The Bertz CT molecular complexity index is 289. The van der Waals surface area contributed by atoms with Crippen molar-refractivity contribution in [2.75, 3.05) is 26.2 Å². The third kappa shape index (κ3) is 2.74. The Morgan fingerprint density at radius 1 is 1.24 bits per heavy atom. The molecule has 1 saturated carbocycles. The lowest BCUT2D eigenvalue weighted by Gasteiger charge is -2.41. The maximum atomic E-state index is 3.80. The summed E-state index contributed by atoms with van der Waals surface area (Å²) in [6.45, 7) is 5.07. The van der Waals surface area contributed by atoms with Gasteiger partial charge in [-0.2, -0.15) is 0 Å². The summed E-state index contributed by atoms with van der Waals surface area (Å²) in [6.07, 6.45) is 13.6. The van der Waals surface area contributed by atoms with Gasteiger partial charge in [-0.3, -0.25) is 4.90 Å². The molecule has 3 rings (SSSR count). The number of nitrogens with one attached hydrogen (secondary N) is 1. The molecule has 1 saturated heterocycles. The van der Waals surface area contributed by atoms with E-state index < -0.39 is 0 Å². The molecular weight excluding hydrogens is 208 g/mol. The van der Waals surface area contributed by atoms with Crippen molar-refractivity contribution in [2.45, 2.75) is 56.9 Å². The fraction of sp³-hybridized carbons (Fsp3) is 0.867. The summed E-state index contributed by atoms with van der Waals surface area (Å²) in [5.41, 5.74) is 2.23. The lowest BCUT2D eigenvalue weighted by Crippen LogP contribution is -2.59. The Morgan fingerprint density at radius 2 is 2.12 bits per heavy atom. The average Bonchev–Trinajstić information content (AvgIpc) is 2.99. The van der Waals surface area contributed by atoms with Gasteiger partial charge in [0.1, 0.15) is 0 Å². The number of rotatable bonds is 3. The van der Waals surface area contributed by atoms with Crippen molar-refractivity contribution in [3.63, 3.8) is 0 Å². The van der Waals surface area contributed by atoms with Crippen molar-refractivity contribution in [3.8, 4) is 0 Å². The van der Waals surface area contributed by atoms with Crippen LogP contribution < -0.4 is 5.32 Å². The van der Waals surface area contributed by atoms with E-state index in [9.17, 15) is 0 Å². The quantitative estimate of drug-likeness (QED) is 0.755. The summed E-state index contributed by atoms with van der Waals surface area (Å²) in [4.78, 5) is 2.71. The predicted molar refractivity (Wildman–Crippen MR) is 72.2 cm³/mol.